The fraction of sp³-hybridized carbons (Fsp3) is 0.195. The molecule has 1 fully saturated rings. The van der Waals surface area contributed by atoms with E-state index in [4.69, 9.17) is 114 Å². The molecule has 0 N–H and O–H groups in total. The Labute approximate surface area is 368 Å². The van der Waals surface area contributed by atoms with Crippen LogP contribution in [0.3, 0.4) is 0 Å². The summed E-state index contributed by atoms with van der Waals surface area (Å²) in [4.78, 5) is 31.2. The maximum absolute atomic E-state index is 16.0. The Morgan fingerprint density at radius 1 is 0.571 bits per heavy atom. The van der Waals surface area contributed by atoms with Crippen LogP contribution >= 0.6 is 104 Å². The quantitative estimate of drug-likeness (QED) is 0.159. The van der Waals surface area contributed by atoms with Crippen molar-refractivity contribution in [2.75, 3.05) is 13.1 Å². The van der Waals surface area contributed by atoms with Gasteiger partial charge in [0.25, 0.3) is 0 Å². The van der Waals surface area contributed by atoms with Crippen LogP contribution in [0.1, 0.15) is 39.7 Å². The molecule has 0 aliphatic carbocycles. The lowest BCUT2D eigenvalue weighted by atomic mass is 9.63. The Bertz CT molecular complexity index is 2130. The van der Waals surface area contributed by atoms with Crippen LogP contribution < -0.4 is 0 Å². The molecule has 0 amide bonds. The SMILES string of the molecule is ClC(Cl)Cl.O=C1[C@]2(CN(Cc3ccccc3)C[C@]13ON=C(c1c(Cl)cccc1Cl)[C@H]3c1ccc(Cl)cc1)ON=C(c1c(Cl)cccc1Cl)[C@H]2c1ccc(Cl)cc1. The molecule has 0 bridgehead atoms. The molecule has 3 heterocycles. The second kappa shape index (κ2) is 17.2. The number of carbonyl (C=O) groups is 1. The Morgan fingerprint density at radius 2 is 0.946 bits per heavy atom. The van der Waals surface area contributed by atoms with Gasteiger partial charge < -0.3 is 9.68 Å². The van der Waals surface area contributed by atoms with E-state index in [9.17, 15) is 0 Å². The number of nitrogens with zero attached hydrogens (tertiary/aromatic N) is 3. The van der Waals surface area contributed by atoms with E-state index in [1.165, 1.54) is 0 Å². The number of alkyl halides is 3. The third kappa shape index (κ3) is 8.00. The number of halogens is 9. The number of carbonyl (C=O) groups excluding carboxylic acids is 1. The lowest BCUT2D eigenvalue weighted by Gasteiger charge is -2.49. The van der Waals surface area contributed by atoms with Crippen LogP contribution in [0, 0.1) is 0 Å². The van der Waals surface area contributed by atoms with Crippen molar-refractivity contribution in [3.63, 3.8) is 0 Å². The predicted molar refractivity (Wildman–Crippen MR) is 230 cm³/mol. The fourth-order valence-corrected chi connectivity index (χ4v) is 9.14. The molecule has 0 aromatic heterocycles. The largest absolute Gasteiger partial charge is 0.378 e. The lowest BCUT2D eigenvalue weighted by Crippen LogP contribution is -2.70. The zero-order valence-corrected chi connectivity index (χ0v) is 35.6. The van der Waals surface area contributed by atoms with Gasteiger partial charge in [0.15, 0.2) is 4.30 Å². The molecule has 6 nitrogen and oxygen atoms in total. The van der Waals surface area contributed by atoms with E-state index in [-0.39, 0.29) is 18.9 Å². The van der Waals surface area contributed by atoms with Crippen molar-refractivity contribution >= 4 is 122 Å². The van der Waals surface area contributed by atoms with E-state index in [1.807, 2.05) is 54.6 Å². The molecule has 288 valence electrons. The first-order valence-electron chi connectivity index (χ1n) is 17.0. The van der Waals surface area contributed by atoms with Crippen LogP contribution in [-0.2, 0) is 21.0 Å². The third-order valence-electron chi connectivity index (χ3n) is 9.87. The van der Waals surface area contributed by atoms with E-state index in [0.29, 0.717) is 59.2 Å². The van der Waals surface area contributed by atoms with Gasteiger partial charge in [0.2, 0.25) is 17.0 Å². The van der Waals surface area contributed by atoms with Gasteiger partial charge in [-0.15, -0.1) is 0 Å². The molecule has 4 atom stereocenters. The smallest absolute Gasteiger partial charge is 0.230 e. The second-order valence-electron chi connectivity index (χ2n) is 13.3. The van der Waals surface area contributed by atoms with Gasteiger partial charge in [-0.25, -0.2) is 0 Å². The number of ketones is 1. The maximum atomic E-state index is 16.0. The second-order valence-corrected chi connectivity index (χ2v) is 17.8. The summed E-state index contributed by atoms with van der Waals surface area (Å²) in [5, 5.41) is 11.8. The van der Waals surface area contributed by atoms with Crippen molar-refractivity contribution in [2.45, 2.75) is 33.9 Å². The summed E-state index contributed by atoms with van der Waals surface area (Å²) < 4.78 is -0.750. The van der Waals surface area contributed by atoms with Crippen molar-refractivity contribution in [2.24, 2.45) is 10.3 Å². The van der Waals surface area contributed by atoms with Gasteiger partial charge >= 0.3 is 0 Å². The summed E-state index contributed by atoms with van der Waals surface area (Å²) in [5.74, 6) is -1.96. The number of hydrogen-bond acceptors (Lipinski definition) is 6. The Morgan fingerprint density at radius 3 is 1.32 bits per heavy atom. The number of rotatable bonds is 6. The van der Waals surface area contributed by atoms with Gasteiger partial charge in [0, 0.05) is 40.8 Å². The van der Waals surface area contributed by atoms with Gasteiger partial charge in [-0.3, -0.25) is 9.69 Å². The Hall–Kier alpha value is -2.72. The topological polar surface area (TPSA) is 63.5 Å². The highest BCUT2D eigenvalue weighted by molar-refractivity contribution is 6.63. The highest BCUT2D eigenvalue weighted by Gasteiger charge is 2.71. The molecule has 3 aliphatic rings. The standard InChI is InChI=1S/C40H27Cl6N3O3.CHCl3/c41-26-16-12-24(13-17-26)34-36(32-28(43)8-4-9-29(32)44)47-51-39(34)21-49(20-23-6-2-1-3-7-23)22-40(38(39)50)35(25-14-18-27(42)19-15-25)37(48-52-40)33-30(45)10-5-11-31(33)46;2-1(3)4/h1-19,34-35H,20-22H2;1H/t34-,35-,39-,40-;/m1./s1. The van der Waals surface area contributed by atoms with Crippen molar-refractivity contribution in [3.8, 4) is 0 Å². The number of hydrogen-bond donors (Lipinski definition) is 0. The van der Waals surface area contributed by atoms with Crippen molar-refractivity contribution in [1.29, 1.82) is 0 Å². The number of benzene rings is 5. The summed E-state index contributed by atoms with van der Waals surface area (Å²) in [6, 6.07) is 34.9. The lowest BCUT2D eigenvalue weighted by molar-refractivity contribution is -0.186. The summed E-state index contributed by atoms with van der Waals surface area (Å²) in [5.41, 5.74) is 0.888. The van der Waals surface area contributed by atoms with Crippen molar-refractivity contribution in [1.82, 2.24) is 4.90 Å². The molecular weight excluding hydrogens is 902 g/mol. The van der Waals surface area contributed by atoms with Gasteiger partial charge in [-0.05, 0) is 65.2 Å². The van der Waals surface area contributed by atoms with E-state index in [0.717, 1.165) is 16.7 Å². The van der Waals surface area contributed by atoms with Gasteiger partial charge in [0.05, 0.1) is 31.9 Å². The summed E-state index contributed by atoms with van der Waals surface area (Å²) >= 11 is 54.5. The van der Waals surface area contributed by atoms with Crippen LogP contribution in [0.15, 0.2) is 126 Å². The molecule has 56 heavy (non-hydrogen) atoms. The van der Waals surface area contributed by atoms with Crippen LogP contribution in [0.25, 0.3) is 0 Å². The molecule has 2 spiro atoms. The Kier molecular flexibility index (Phi) is 12.8. The van der Waals surface area contributed by atoms with Gasteiger partial charge in [-0.2, -0.15) is 0 Å². The number of Topliss-reactive ketones (excluding diaryl/α,β-unsaturated/α-hetero) is 1. The average Bonchev–Trinajstić information content (AvgIpc) is 3.71. The molecule has 3 aliphatic heterocycles. The maximum Gasteiger partial charge on any atom is 0.230 e. The first-order valence-corrected chi connectivity index (χ1v) is 20.6. The summed E-state index contributed by atoms with van der Waals surface area (Å²) in [7, 11) is 0. The highest BCUT2D eigenvalue weighted by atomic mass is 35.6. The first-order chi connectivity index (χ1) is 26.8. The monoisotopic (exact) mass is 925 g/mol. The van der Waals surface area contributed by atoms with E-state index < -0.39 is 27.3 Å². The number of oxime groups is 2. The molecule has 0 unspecified atom stereocenters. The van der Waals surface area contributed by atoms with Crippen molar-refractivity contribution in [3.05, 3.63) is 173 Å². The average molecular weight is 930 g/mol. The minimum atomic E-state index is -1.65. The summed E-state index contributed by atoms with van der Waals surface area (Å²) in [6.45, 7) is 0.739. The zero-order valence-electron chi connectivity index (χ0n) is 28.8. The highest BCUT2D eigenvalue weighted by Crippen LogP contribution is 2.54. The van der Waals surface area contributed by atoms with Crippen LogP contribution in [0.4, 0.5) is 0 Å². The molecule has 0 saturated carbocycles. The predicted octanol–water partition coefficient (Wildman–Crippen LogP) is 12.9. The number of likely N-dealkylation sites (tertiary alicyclic amines) is 1. The van der Waals surface area contributed by atoms with Crippen LogP contribution in [0.2, 0.25) is 30.1 Å². The van der Waals surface area contributed by atoms with E-state index in [1.54, 1.807) is 60.7 Å². The van der Waals surface area contributed by atoms with Crippen molar-refractivity contribution < 1.29 is 14.5 Å². The molecule has 0 radical (unpaired) electrons. The van der Waals surface area contributed by atoms with Gasteiger partial charge in [-0.1, -0.05) is 181 Å². The zero-order chi connectivity index (χ0) is 39.8. The third-order valence-corrected chi connectivity index (χ3v) is 11.6. The first kappa shape index (κ1) is 41.4. The minimum absolute atomic E-state index is 0.143. The van der Waals surface area contributed by atoms with E-state index >= 15 is 4.79 Å². The fourth-order valence-electron chi connectivity index (χ4n) is 7.70. The van der Waals surface area contributed by atoms with Gasteiger partial charge in [0.1, 0.15) is 11.4 Å². The molecule has 1 saturated heterocycles. The van der Waals surface area contributed by atoms with Crippen LogP contribution in [-0.4, -0.2) is 50.7 Å². The molecular formula is C41H28Cl9N3O3. The summed E-state index contributed by atoms with van der Waals surface area (Å²) in [6.07, 6.45) is 0. The van der Waals surface area contributed by atoms with E-state index in [2.05, 4.69) is 15.2 Å². The molecule has 15 heteroatoms. The normalized spacial score (nSPS) is 23.1. The molecule has 8 rings (SSSR count). The molecule has 5 aromatic rings. The number of piperidine rings is 1. The van der Waals surface area contributed by atoms with Crippen LogP contribution in [0.5, 0.6) is 0 Å². The Balaban J connectivity index is 0.00000115. The minimum Gasteiger partial charge on any atom is -0.378 e. The molecule has 5 aromatic carbocycles.